The van der Waals surface area contributed by atoms with Crippen LogP contribution < -0.4 is 23.7 Å². The normalized spacial score (nSPS) is 37.9. The maximum atomic E-state index is 13.6. The zero-order chi connectivity index (χ0) is 37.0. The molecule has 286 valence electrons. The standard InChI is InChI=1S/C34H42O18/c1-43-18-4-12(5-19(44-2)31(18)45-3)22-13-6-16-17(49-11-48-16)7-14(13)30(15-9-46-32(42)23(15)22)52-34-29(41)27(39)25(37)21(51-34)10-47-33-28(40)26(38)24(36)20(8-35)50-33/h4-7,15,20-30,33-41H,8-11H2,1-3H3/t15-,20+,21+,22+,23+,24+,25+,26-,27-,28+,29+,30-,33+,34-/m0/s1. The van der Waals surface area contributed by atoms with E-state index >= 15 is 0 Å². The second kappa shape index (κ2) is 14.7. The van der Waals surface area contributed by atoms with Gasteiger partial charge in [0.15, 0.2) is 35.6 Å². The Labute approximate surface area is 296 Å². The van der Waals surface area contributed by atoms with Crippen LogP contribution in [0, 0.1) is 11.8 Å². The van der Waals surface area contributed by atoms with Crippen LogP contribution in [0.15, 0.2) is 24.3 Å². The van der Waals surface area contributed by atoms with Crippen LogP contribution in [0.25, 0.3) is 0 Å². The van der Waals surface area contributed by atoms with Crippen LogP contribution in [0.3, 0.4) is 0 Å². The molecule has 0 spiro atoms. The number of esters is 1. The zero-order valence-electron chi connectivity index (χ0n) is 28.3. The van der Waals surface area contributed by atoms with E-state index in [1.807, 2.05) is 0 Å². The quantitative estimate of drug-likeness (QED) is 0.131. The van der Waals surface area contributed by atoms with E-state index in [0.717, 1.165) is 0 Å². The van der Waals surface area contributed by atoms with Gasteiger partial charge in [-0.1, -0.05) is 0 Å². The first-order chi connectivity index (χ1) is 25.0. The summed E-state index contributed by atoms with van der Waals surface area (Å²) < 4.78 is 57.1. The summed E-state index contributed by atoms with van der Waals surface area (Å²) >= 11 is 0. The van der Waals surface area contributed by atoms with E-state index in [1.165, 1.54) is 21.3 Å². The van der Waals surface area contributed by atoms with Crippen LogP contribution in [0.4, 0.5) is 0 Å². The van der Waals surface area contributed by atoms with Gasteiger partial charge in [-0.2, -0.15) is 0 Å². The number of cyclic esters (lactones) is 1. The SMILES string of the molecule is COc1cc([C@@H]2c3cc4c(cc3[C@H](O[C@@H]3O[C@H](CO[C@@H]5O[C@H](CO)[C@@H](O)[C@H](O)[C@H]5O)[C@@H](O)[C@H](O)[C@H]3O)[C@H]3COC(=O)[C@@H]23)OCO4)cc(OC)c1OC. The first-order valence-corrected chi connectivity index (χ1v) is 16.7. The summed E-state index contributed by atoms with van der Waals surface area (Å²) in [6, 6.07) is 6.95. The van der Waals surface area contributed by atoms with Crippen LogP contribution in [-0.2, 0) is 28.5 Å². The van der Waals surface area contributed by atoms with E-state index in [2.05, 4.69) is 0 Å². The maximum Gasteiger partial charge on any atom is 0.310 e. The van der Waals surface area contributed by atoms with Crippen LogP contribution in [0.1, 0.15) is 28.7 Å². The highest BCUT2D eigenvalue weighted by molar-refractivity contribution is 5.79. The summed E-state index contributed by atoms with van der Waals surface area (Å²) in [7, 11) is 4.44. The number of rotatable bonds is 10. The third-order valence-corrected chi connectivity index (χ3v) is 10.4. The Kier molecular flexibility index (Phi) is 10.4. The lowest BCUT2D eigenvalue weighted by Gasteiger charge is -2.45. The maximum absolute atomic E-state index is 13.6. The van der Waals surface area contributed by atoms with E-state index in [9.17, 15) is 40.5 Å². The van der Waals surface area contributed by atoms with Gasteiger partial charge in [0, 0.05) is 11.8 Å². The second-order valence-corrected chi connectivity index (χ2v) is 13.2. The lowest BCUT2D eigenvalue weighted by Crippen LogP contribution is -2.62. The number of ether oxygens (including phenoxy) is 10. The second-order valence-electron chi connectivity index (χ2n) is 13.2. The molecule has 0 aromatic heterocycles. The number of carbonyl (C=O) groups excluding carboxylic acids is 1. The highest BCUT2D eigenvalue weighted by Gasteiger charge is 2.55. The summed E-state index contributed by atoms with van der Waals surface area (Å²) in [5.41, 5.74) is 1.80. The van der Waals surface area contributed by atoms with Gasteiger partial charge >= 0.3 is 5.97 Å². The molecule has 7 rings (SSSR count). The van der Waals surface area contributed by atoms with E-state index < -0.39 is 104 Å². The van der Waals surface area contributed by atoms with E-state index in [0.29, 0.717) is 45.4 Å². The van der Waals surface area contributed by atoms with Crippen LogP contribution in [0.5, 0.6) is 28.7 Å². The minimum atomic E-state index is -1.80. The van der Waals surface area contributed by atoms with E-state index in [-0.39, 0.29) is 13.4 Å². The zero-order valence-corrected chi connectivity index (χ0v) is 28.3. The van der Waals surface area contributed by atoms with Crippen LogP contribution in [-0.4, -0.2) is 151 Å². The first-order valence-electron chi connectivity index (χ1n) is 16.7. The Morgan fingerprint density at radius 2 is 1.31 bits per heavy atom. The molecule has 2 aromatic rings. The molecule has 3 saturated heterocycles. The van der Waals surface area contributed by atoms with Gasteiger partial charge in [-0.3, -0.25) is 4.79 Å². The Morgan fingerprint density at radius 3 is 1.92 bits per heavy atom. The van der Waals surface area contributed by atoms with Crippen molar-refractivity contribution in [2.24, 2.45) is 11.8 Å². The van der Waals surface area contributed by atoms with Crippen molar-refractivity contribution >= 4 is 5.97 Å². The number of hydrogen-bond acceptors (Lipinski definition) is 18. The van der Waals surface area contributed by atoms with Crippen molar-refractivity contribution in [3.05, 3.63) is 41.0 Å². The Balaban J connectivity index is 1.21. The highest BCUT2D eigenvalue weighted by atomic mass is 16.7. The molecule has 2 aromatic carbocycles. The Morgan fingerprint density at radius 1 is 0.712 bits per heavy atom. The number of carbonyl (C=O) groups is 1. The topological polar surface area (TPSA) is 251 Å². The summed E-state index contributed by atoms with van der Waals surface area (Å²) in [6.45, 7) is -1.35. The molecule has 18 heteroatoms. The molecule has 4 aliphatic heterocycles. The molecule has 14 atom stereocenters. The minimum Gasteiger partial charge on any atom is -0.493 e. The molecule has 5 aliphatic rings. The van der Waals surface area contributed by atoms with Crippen molar-refractivity contribution in [1.29, 1.82) is 0 Å². The van der Waals surface area contributed by atoms with Crippen molar-refractivity contribution < 1.29 is 87.9 Å². The molecular formula is C34H42O18. The smallest absolute Gasteiger partial charge is 0.310 e. The molecule has 1 aliphatic carbocycles. The molecule has 18 nitrogen and oxygen atoms in total. The van der Waals surface area contributed by atoms with Crippen molar-refractivity contribution in [3.63, 3.8) is 0 Å². The fourth-order valence-electron chi connectivity index (χ4n) is 7.67. The van der Waals surface area contributed by atoms with Gasteiger partial charge in [0.05, 0.1) is 53.2 Å². The van der Waals surface area contributed by atoms with E-state index in [1.54, 1.807) is 24.3 Å². The number of methoxy groups -OCH3 is 3. The highest BCUT2D eigenvalue weighted by Crippen LogP contribution is 2.57. The van der Waals surface area contributed by atoms with Gasteiger partial charge in [0.2, 0.25) is 12.5 Å². The fraction of sp³-hybridized carbons (Fsp3) is 0.618. The van der Waals surface area contributed by atoms with Crippen molar-refractivity contribution in [2.75, 3.05) is 47.9 Å². The monoisotopic (exact) mass is 738 g/mol. The molecule has 0 saturated carbocycles. The van der Waals surface area contributed by atoms with E-state index in [4.69, 9.17) is 47.4 Å². The largest absolute Gasteiger partial charge is 0.493 e. The third kappa shape index (κ3) is 6.20. The predicted octanol–water partition coefficient (Wildman–Crippen LogP) is -1.94. The molecule has 0 unspecified atom stereocenters. The van der Waals surface area contributed by atoms with Crippen molar-refractivity contribution in [3.8, 4) is 28.7 Å². The molecule has 0 radical (unpaired) electrons. The third-order valence-electron chi connectivity index (χ3n) is 10.4. The summed E-state index contributed by atoms with van der Waals surface area (Å²) in [6.07, 6.45) is -17.1. The number of hydrogen-bond donors (Lipinski definition) is 7. The van der Waals surface area contributed by atoms with Gasteiger partial charge in [-0.15, -0.1) is 0 Å². The van der Waals surface area contributed by atoms with Crippen molar-refractivity contribution in [2.45, 2.75) is 73.4 Å². The number of aliphatic hydroxyl groups excluding tert-OH is 7. The van der Waals surface area contributed by atoms with Gasteiger partial charge < -0.3 is 83.1 Å². The first kappa shape index (κ1) is 36.8. The lowest BCUT2D eigenvalue weighted by molar-refractivity contribution is -0.339. The number of benzene rings is 2. The van der Waals surface area contributed by atoms with Crippen LogP contribution in [0.2, 0.25) is 0 Å². The number of aliphatic hydroxyl groups is 7. The predicted molar refractivity (Wildman–Crippen MR) is 169 cm³/mol. The molecule has 3 fully saturated rings. The molecular weight excluding hydrogens is 696 g/mol. The van der Waals surface area contributed by atoms with Gasteiger partial charge in [0.1, 0.15) is 48.8 Å². The molecule has 4 heterocycles. The average molecular weight is 739 g/mol. The molecule has 7 N–H and O–H groups in total. The lowest BCUT2D eigenvalue weighted by atomic mass is 9.66. The summed E-state index contributed by atoms with van der Waals surface area (Å²) in [5.74, 6) is -0.711. The number of fused-ring (bicyclic) bond motifs is 3. The molecule has 0 bridgehead atoms. The van der Waals surface area contributed by atoms with Gasteiger partial charge in [-0.05, 0) is 41.0 Å². The molecule has 0 amide bonds. The van der Waals surface area contributed by atoms with Gasteiger partial charge in [-0.25, -0.2) is 0 Å². The summed E-state index contributed by atoms with van der Waals surface area (Å²) in [5, 5.41) is 73.0. The Hall–Kier alpha value is -3.53. The molecule has 52 heavy (non-hydrogen) atoms. The minimum absolute atomic E-state index is 0.0435. The fourth-order valence-corrected chi connectivity index (χ4v) is 7.67. The Bertz CT molecular complexity index is 1590. The van der Waals surface area contributed by atoms with Gasteiger partial charge in [0.25, 0.3) is 0 Å². The van der Waals surface area contributed by atoms with Crippen molar-refractivity contribution in [1.82, 2.24) is 0 Å². The summed E-state index contributed by atoms with van der Waals surface area (Å²) in [4.78, 5) is 13.6. The average Bonchev–Trinajstić information content (AvgIpc) is 3.78. The van der Waals surface area contributed by atoms with Crippen LogP contribution >= 0.6 is 0 Å².